The number of halogens is 3. The zero-order valence-electron chi connectivity index (χ0n) is 22.9. The van der Waals surface area contributed by atoms with E-state index >= 15 is 8.78 Å². The standard InChI is InChI=1S/C33H25F3N4O3/c34-25-12-19(17-37)8-9-21(25)18-43-32-7-3-6-28(39-32)24-16-26(35)22(13-27(24)36)15-31-38-29-11-10-20(33(41)42)14-30(29)40(31)23-4-1-2-5-23/h3,6-14,16,23H,1-2,4-5,15,18H2,(H,41,42). The third-order valence-corrected chi connectivity index (χ3v) is 7.74. The average molecular weight is 583 g/mol. The van der Waals surface area contributed by atoms with Crippen LogP contribution in [0.3, 0.4) is 0 Å². The second-order valence-electron chi connectivity index (χ2n) is 10.5. The number of carboxylic acids is 1. The Bertz CT molecular complexity index is 1910. The van der Waals surface area contributed by atoms with Crippen LogP contribution in [-0.2, 0) is 13.0 Å². The normalized spacial score (nSPS) is 13.3. The van der Waals surface area contributed by atoms with Crippen molar-refractivity contribution in [3.63, 3.8) is 0 Å². The van der Waals surface area contributed by atoms with E-state index in [1.54, 1.807) is 18.2 Å². The summed E-state index contributed by atoms with van der Waals surface area (Å²) in [4.78, 5) is 20.6. The molecular weight excluding hydrogens is 557 g/mol. The van der Waals surface area contributed by atoms with Crippen LogP contribution in [-0.4, -0.2) is 25.6 Å². The van der Waals surface area contributed by atoms with Gasteiger partial charge in [0.25, 0.3) is 0 Å². The topological polar surface area (TPSA) is 101 Å². The average Bonchev–Trinajstić information content (AvgIpc) is 3.65. The number of benzene rings is 3. The van der Waals surface area contributed by atoms with Crippen molar-refractivity contribution in [3.05, 3.63) is 112 Å². The highest BCUT2D eigenvalue weighted by molar-refractivity contribution is 5.92. The van der Waals surface area contributed by atoms with Crippen LogP contribution < -0.4 is 4.74 Å². The molecule has 1 N–H and O–H groups in total. The number of imidazole rings is 1. The number of rotatable bonds is 8. The number of carboxylic acid groups (broad SMARTS) is 1. The fourth-order valence-corrected chi connectivity index (χ4v) is 5.59. The molecule has 7 nitrogen and oxygen atoms in total. The van der Waals surface area contributed by atoms with Gasteiger partial charge in [-0.3, -0.25) is 0 Å². The SMILES string of the molecule is N#Cc1ccc(COc2cccc(-c3cc(F)c(Cc4nc5ccc(C(=O)O)cc5n4C4CCCC4)cc3F)n2)c(F)c1. The minimum Gasteiger partial charge on any atom is -0.478 e. The van der Waals surface area contributed by atoms with Gasteiger partial charge in [0.15, 0.2) is 0 Å². The Morgan fingerprint density at radius 2 is 1.74 bits per heavy atom. The second kappa shape index (κ2) is 11.6. The predicted molar refractivity (Wildman–Crippen MR) is 152 cm³/mol. The Labute approximate surface area is 244 Å². The van der Waals surface area contributed by atoms with Crippen LogP contribution in [0.4, 0.5) is 13.2 Å². The Morgan fingerprint density at radius 1 is 0.953 bits per heavy atom. The molecule has 1 aliphatic carbocycles. The fraction of sp³-hybridized carbons (Fsp3) is 0.212. The van der Waals surface area contributed by atoms with Gasteiger partial charge >= 0.3 is 5.97 Å². The van der Waals surface area contributed by atoms with Crippen LogP contribution in [0, 0.1) is 28.8 Å². The number of aromatic carboxylic acids is 1. The molecule has 0 aliphatic heterocycles. The molecule has 0 saturated heterocycles. The van der Waals surface area contributed by atoms with E-state index in [1.165, 1.54) is 30.3 Å². The summed E-state index contributed by atoms with van der Waals surface area (Å²) >= 11 is 0. The zero-order chi connectivity index (χ0) is 30.1. The van der Waals surface area contributed by atoms with E-state index < -0.39 is 23.4 Å². The summed E-state index contributed by atoms with van der Waals surface area (Å²) in [5.74, 6) is -2.33. The van der Waals surface area contributed by atoms with Gasteiger partial charge in [0.05, 0.1) is 33.9 Å². The Morgan fingerprint density at radius 3 is 2.49 bits per heavy atom. The number of fused-ring (bicyclic) bond motifs is 1. The number of nitriles is 1. The van der Waals surface area contributed by atoms with Crippen molar-refractivity contribution in [2.75, 3.05) is 0 Å². The van der Waals surface area contributed by atoms with Crippen molar-refractivity contribution < 1.29 is 27.8 Å². The first-order chi connectivity index (χ1) is 20.8. The highest BCUT2D eigenvalue weighted by Gasteiger charge is 2.25. The van der Waals surface area contributed by atoms with Crippen molar-refractivity contribution in [1.82, 2.24) is 14.5 Å². The molecule has 0 bridgehead atoms. The van der Waals surface area contributed by atoms with Gasteiger partial charge in [0, 0.05) is 29.7 Å². The maximum Gasteiger partial charge on any atom is 0.335 e. The molecule has 10 heteroatoms. The molecule has 43 heavy (non-hydrogen) atoms. The Balaban J connectivity index is 1.28. The van der Waals surface area contributed by atoms with E-state index in [0.29, 0.717) is 16.9 Å². The quantitative estimate of drug-likeness (QED) is 0.205. The molecule has 216 valence electrons. The molecule has 0 amide bonds. The summed E-state index contributed by atoms with van der Waals surface area (Å²) in [5.41, 5.74) is 2.00. The van der Waals surface area contributed by atoms with Crippen LogP contribution in [0.15, 0.2) is 66.7 Å². The first kappa shape index (κ1) is 28.0. The molecule has 0 unspecified atom stereocenters. The van der Waals surface area contributed by atoms with Crippen molar-refractivity contribution >= 4 is 17.0 Å². The number of ether oxygens (including phenoxy) is 1. The summed E-state index contributed by atoms with van der Waals surface area (Å²) in [6, 6.07) is 17.5. The van der Waals surface area contributed by atoms with Gasteiger partial charge in [-0.15, -0.1) is 0 Å². The van der Waals surface area contributed by atoms with Gasteiger partial charge in [-0.25, -0.2) is 27.9 Å². The lowest BCUT2D eigenvalue weighted by Crippen LogP contribution is -2.11. The first-order valence-corrected chi connectivity index (χ1v) is 13.8. The first-order valence-electron chi connectivity index (χ1n) is 13.8. The number of hydrogen-bond acceptors (Lipinski definition) is 5. The molecule has 1 saturated carbocycles. The Kier molecular flexibility index (Phi) is 7.55. The van der Waals surface area contributed by atoms with Crippen LogP contribution in [0.1, 0.15) is 64.6 Å². The fourth-order valence-electron chi connectivity index (χ4n) is 5.59. The van der Waals surface area contributed by atoms with E-state index in [4.69, 9.17) is 10.00 Å². The van der Waals surface area contributed by atoms with Crippen LogP contribution in [0.2, 0.25) is 0 Å². The highest BCUT2D eigenvalue weighted by atomic mass is 19.1. The van der Waals surface area contributed by atoms with E-state index in [2.05, 4.69) is 9.97 Å². The van der Waals surface area contributed by atoms with Crippen molar-refractivity contribution in [3.8, 4) is 23.2 Å². The summed E-state index contributed by atoms with van der Waals surface area (Å²) in [6.45, 7) is -0.167. The maximum atomic E-state index is 15.5. The maximum absolute atomic E-state index is 15.5. The molecule has 0 spiro atoms. The molecule has 0 radical (unpaired) electrons. The Hall–Kier alpha value is -5.17. The minimum absolute atomic E-state index is 0.0172. The number of carbonyl (C=O) groups is 1. The lowest BCUT2D eigenvalue weighted by molar-refractivity contribution is 0.0697. The zero-order valence-corrected chi connectivity index (χ0v) is 22.9. The summed E-state index contributed by atoms with van der Waals surface area (Å²) < 4.78 is 52.8. The molecule has 2 aromatic heterocycles. The number of nitrogens with zero attached hydrogens (tertiary/aromatic N) is 4. The molecule has 5 aromatic rings. The smallest absolute Gasteiger partial charge is 0.335 e. The van der Waals surface area contributed by atoms with E-state index in [9.17, 15) is 14.3 Å². The molecule has 6 rings (SSSR count). The van der Waals surface area contributed by atoms with Gasteiger partial charge in [-0.2, -0.15) is 5.26 Å². The van der Waals surface area contributed by atoms with Crippen LogP contribution >= 0.6 is 0 Å². The third-order valence-electron chi connectivity index (χ3n) is 7.74. The molecule has 1 fully saturated rings. The number of hydrogen-bond donors (Lipinski definition) is 1. The van der Waals surface area contributed by atoms with E-state index in [1.807, 2.05) is 10.6 Å². The van der Waals surface area contributed by atoms with Crippen molar-refractivity contribution in [1.29, 1.82) is 5.26 Å². The number of pyridine rings is 1. The predicted octanol–water partition coefficient (Wildman–Crippen LogP) is 7.37. The van der Waals surface area contributed by atoms with Gasteiger partial charge in [0.1, 0.15) is 29.9 Å². The van der Waals surface area contributed by atoms with Gasteiger partial charge in [-0.1, -0.05) is 25.0 Å². The molecule has 0 atom stereocenters. The largest absolute Gasteiger partial charge is 0.478 e. The third kappa shape index (κ3) is 5.66. The van der Waals surface area contributed by atoms with Gasteiger partial charge in [0.2, 0.25) is 5.88 Å². The summed E-state index contributed by atoms with van der Waals surface area (Å²) in [5, 5.41) is 18.4. The van der Waals surface area contributed by atoms with Gasteiger partial charge in [-0.05, 0) is 66.9 Å². The van der Waals surface area contributed by atoms with Crippen LogP contribution in [0.5, 0.6) is 5.88 Å². The monoisotopic (exact) mass is 582 g/mol. The van der Waals surface area contributed by atoms with Crippen molar-refractivity contribution in [2.24, 2.45) is 0 Å². The highest BCUT2D eigenvalue weighted by Crippen LogP contribution is 2.35. The van der Waals surface area contributed by atoms with Gasteiger partial charge < -0.3 is 14.4 Å². The molecular formula is C33H25F3N4O3. The van der Waals surface area contributed by atoms with Crippen molar-refractivity contribution in [2.45, 2.75) is 44.8 Å². The summed E-state index contributed by atoms with van der Waals surface area (Å²) in [7, 11) is 0. The molecule has 2 heterocycles. The second-order valence-corrected chi connectivity index (χ2v) is 10.5. The van der Waals surface area contributed by atoms with Crippen LogP contribution in [0.25, 0.3) is 22.3 Å². The van der Waals surface area contributed by atoms with E-state index in [0.717, 1.165) is 43.9 Å². The molecule has 3 aromatic carbocycles. The van der Waals surface area contributed by atoms with E-state index in [-0.39, 0.29) is 58.5 Å². The minimum atomic E-state index is -1.05. The summed E-state index contributed by atoms with van der Waals surface area (Å²) in [6.07, 6.45) is 3.86. The number of aromatic nitrogens is 3. The molecule has 1 aliphatic rings. The lowest BCUT2D eigenvalue weighted by Gasteiger charge is -2.17. The lowest BCUT2D eigenvalue weighted by atomic mass is 10.0.